The first-order valence-electron chi connectivity index (χ1n) is 6.27. The third-order valence-electron chi connectivity index (χ3n) is 2.69. The summed E-state index contributed by atoms with van der Waals surface area (Å²) in [6.45, 7) is 2.26. The van der Waals surface area contributed by atoms with Crippen LogP contribution in [0.25, 0.3) is 0 Å². The van der Waals surface area contributed by atoms with Gasteiger partial charge in [-0.3, -0.25) is 0 Å². The molecule has 1 rings (SSSR count). The van der Waals surface area contributed by atoms with E-state index in [0.29, 0.717) is 6.17 Å². The highest BCUT2D eigenvalue weighted by atomic mass is 15.1. The van der Waals surface area contributed by atoms with Crippen molar-refractivity contribution < 1.29 is 0 Å². The van der Waals surface area contributed by atoms with Gasteiger partial charge in [0.1, 0.15) is 6.17 Å². The van der Waals surface area contributed by atoms with E-state index in [4.69, 9.17) is 0 Å². The van der Waals surface area contributed by atoms with Gasteiger partial charge in [0, 0.05) is 12.4 Å². The molecule has 0 amide bonds. The highest BCUT2D eigenvalue weighted by Crippen LogP contribution is 2.07. The summed E-state index contributed by atoms with van der Waals surface area (Å²) in [5.74, 6) is 0. The van der Waals surface area contributed by atoms with Crippen LogP contribution >= 0.6 is 0 Å². The Labute approximate surface area is 93.8 Å². The van der Waals surface area contributed by atoms with Crippen LogP contribution in [0, 0.1) is 0 Å². The Morgan fingerprint density at radius 1 is 1.00 bits per heavy atom. The second-order valence-electron chi connectivity index (χ2n) is 4.13. The van der Waals surface area contributed by atoms with Crippen LogP contribution in [0.2, 0.25) is 0 Å². The van der Waals surface area contributed by atoms with Crippen molar-refractivity contribution in [3.63, 3.8) is 0 Å². The van der Waals surface area contributed by atoms with Crippen LogP contribution in [0.3, 0.4) is 0 Å². The average Bonchev–Trinajstić information content (AvgIpc) is 2.75. The van der Waals surface area contributed by atoms with Crippen molar-refractivity contribution in [2.75, 3.05) is 0 Å². The van der Waals surface area contributed by atoms with Gasteiger partial charge in [0.05, 0.1) is 0 Å². The second-order valence-corrected chi connectivity index (χ2v) is 4.13. The zero-order valence-corrected chi connectivity index (χ0v) is 9.84. The molecule has 0 spiro atoms. The van der Waals surface area contributed by atoms with Gasteiger partial charge in [-0.25, -0.2) is 0 Å². The average molecular weight is 208 g/mol. The standard InChI is InChI=1S/C13H24N2/c1-2-3-4-5-6-7-8-9-10-13-14-11-12-15-13/h9-15H,2-8H2,1H3/b10-9+. The van der Waals surface area contributed by atoms with Crippen molar-refractivity contribution in [3.8, 4) is 0 Å². The molecule has 0 bridgehead atoms. The molecule has 2 N–H and O–H groups in total. The summed E-state index contributed by atoms with van der Waals surface area (Å²) in [7, 11) is 0. The summed E-state index contributed by atoms with van der Waals surface area (Å²) in [5, 5.41) is 6.39. The molecule has 15 heavy (non-hydrogen) atoms. The van der Waals surface area contributed by atoms with E-state index in [2.05, 4.69) is 29.7 Å². The Morgan fingerprint density at radius 2 is 1.67 bits per heavy atom. The summed E-state index contributed by atoms with van der Waals surface area (Å²) < 4.78 is 0. The summed E-state index contributed by atoms with van der Waals surface area (Å²) in [6, 6.07) is 0. The summed E-state index contributed by atoms with van der Waals surface area (Å²) in [5.41, 5.74) is 0. The zero-order valence-electron chi connectivity index (χ0n) is 9.84. The molecular weight excluding hydrogens is 184 g/mol. The van der Waals surface area contributed by atoms with Gasteiger partial charge in [0.2, 0.25) is 0 Å². The maximum absolute atomic E-state index is 3.20. The monoisotopic (exact) mass is 208 g/mol. The van der Waals surface area contributed by atoms with Crippen molar-refractivity contribution in [1.82, 2.24) is 10.6 Å². The second kappa shape index (κ2) is 8.39. The Balaban J connectivity index is 1.84. The van der Waals surface area contributed by atoms with Crippen molar-refractivity contribution in [2.45, 2.75) is 58.0 Å². The molecule has 2 nitrogen and oxygen atoms in total. The van der Waals surface area contributed by atoms with E-state index in [1.165, 1.54) is 44.9 Å². The molecule has 1 aliphatic rings. The highest BCUT2D eigenvalue weighted by molar-refractivity contribution is 5.01. The predicted molar refractivity (Wildman–Crippen MR) is 66.3 cm³/mol. The Hall–Kier alpha value is -0.920. The van der Waals surface area contributed by atoms with Gasteiger partial charge in [-0.1, -0.05) is 45.1 Å². The molecule has 1 aliphatic heterocycles. The fraction of sp³-hybridized carbons (Fsp3) is 0.692. The number of allylic oxidation sites excluding steroid dienone is 1. The van der Waals surface area contributed by atoms with Gasteiger partial charge in [-0.15, -0.1) is 0 Å². The van der Waals surface area contributed by atoms with Crippen LogP contribution in [-0.4, -0.2) is 6.17 Å². The normalized spacial score (nSPS) is 15.8. The molecule has 0 fully saturated rings. The molecule has 0 aromatic rings. The van der Waals surface area contributed by atoms with Crippen LogP contribution in [-0.2, 0) is 0 Å². The number of unbranched alkanes of at least 4 members (excludes halogenated alkanes) is 6. The molecule has 0 atom stereocenters. The number of hydrogen-bond donors (Lipinski definition) is 2. The Bertz CT molecular complexity index is 189. The lowest BCUT2D eigenvalue weighted by Gasteiger charge is -2.05. The first-order chi connectivity index (χ1) is 7.43. The summed E-state index contributed by atoms with van der Waals surface area (Å²) >= 11 is 0. The third kappa shape index (κ3) is 6.21. The zero-order chi connectivity index (χ0) is 10.8. The molecule has 2 heteroatoms. The smallest absolute Gasteiger partial charge is 0.115 e. The maximum atomic E-state index is 3.20. The number of rotatable bonds is 8. The highest BCUT2D eigenvalue weighted by Gasteiger charge is 2.00. The van der Waals surface area contributed by atoms with Crippen LogP contribution < -0.4 is 10.6 Å². The molecule has 1 heterocycles. The van der Waals surface area contributed by atoms with Crippen LogP contribution in [0.5, 0.6) is 0 Å². The fourth-order valence-corrected chi connectivity index (χ4v) is 1.74. The van der Waals surface area contributed by atoms with Crippen molar-refractivity contribution >= 4 is 0 Å². The van der Waals surface area contributed by atoms with Gasteiger partial charge in [-0.05, 0) is 18.9 Å². The van der Waals surface area contributed by atoms with E-state index in [0.717, 1.165) is 0 Å². The first kappa shape index (κ1) is 12.2. The quantitative estimate of drug-likeness (QED) is 0.472. The van der Waals surface area contributed by atoms with Gasteiger partial charge < -0.3 is 10.6 Å². The minimum absolute atomic E-state index is 0.324. The van der Waals surface area contributed by atoms with Crippen LogP contribution in [0.15, 0.2) is 24.6 Å². The van der Waals surface area contributed by atoms with Crippen LogP contribution in [0.4, 0.5) is 0 Å². The van der Waals surface area contributed by atoms with E-state index >= 15 is 0 Å². The summed E-state index contributed by atoms with van der Waals surface area (Å²) in [6.07, 6.45) is 18.2. The number of nitrogens with one attached hydrogen (secondary N) is 2. The lowest BCUT2D eigenvalue weighted by molar-refractivity contribution is 0.609. The van der Waals surface area contributed by atoms with Gasteiger partial charge in [-0.2, -0.15) is 0 Å². The molecular formula is C13H24N2. The molecule has 0 aromatic carbocycles. The lowest BCUT2D eigenvalue weighted by atomic mass is 10.1. The topological polar surface area (TPSA) is 24.1 Å². The fourth-order valence-electron chi connectivity index (χ4n) is 1.74. The molecule has 0 aliphatic carbocycles. The van der Waals surface area contributed by atoms with Crippen LogP contribution in [0.1, 0.15) is 51.9 Å². The van der Waals surface area contributed by atoms with E-state index in [9.17, 15) is 0 Å². The lowest BCUT2D eigenvalue weighted by Crippen LogP contribution is -2.27. The van der Waals surface area contributed by atoms with Crippen molar-refractivity contribution in [2.24, 2.45) is 0 Å². The number of hydrogen-bond acceptors (Lipinski definition) is 2. The van der Waals surface area contributed by atoms with E-state index in [1.54, 1.807) is 0 Å². The molecule has 0 aromatic heterocycles. The largest absolute Gasteiger partial charge is 0.367 e. The molecule has 0 saturated heterocycles. The molecule has 0 saturated carbocycles. The maximum Gasteiger partial charge on any atom is 0.115 e. The molecule has 86 valence electrons. The van der Waals surface area contributed by atoms with E-state index in [1.807, 2.05) is 12.4 Å². The minimum atomic E-state index is 0.324. The Morgan fingerprint density at radius 3 is 2.40 bits per heavy atom. The van der Waals surface area contributed by atoms with Gasteiger partial charge >= 0.3 is 0 Å². The Kier molecular flexibility index (Phi) is 6.80. The third-order valence-corrected chi connectivity index (χ3v) is 2.69. The SMILES string of the molecule is CCCCCCCC/C=C/C1NC=CN1. The van der Waals surface area contributed by atoms with Gasteiger partial charge in [0.15, 0.2) is 0 Å². The van der Waals surface area contributed by atoms with E-state index < -0.39 is 0 Å². The first-order valence-corrected chi connectivity index (χ1v) is 6.27. The molecule has 0 unspecified atom stereocenters. The van der Waals surface area contributed by atoms with Crippen molar-refractivity contribution in [3.05, 3.63) is 24.6 Å². The van der Waals surface area contributed by atoms with Crippen molar-refractivity contribution in [1.29, 1.82) is 0 Å². The van der Waals surface area contributed by atoms with Gasteiger partial charge in [0.25, 0.3) is 0 Å². The minimum Gasteiger partial charge on any atom is -0.367 e. The molecule has 0 radical (unpaired) electrons. The van der Waals surface area contributed by atoms with E-state index in [-0.39, 0.29) is 0 Å². The summed E-state index contributed by atoms with van der Waals surface area (Å²) in [4.78, 5) is 0. The predicted octanol–water partition coefficient (Wildman–Crippen LogP) is 3.28.